The Hall–Kier alpha value is -1.98. The number of aromatic nitrogens is 2. The number of methoxy groups -OCH3 is 1. The monoisotopic (exact) mass is 237 g/mol. The molecule has 6 nitrogen and oxygen atoms in total. The van der Waals surface area contributed by atoms with Crippen molar-refractivity contribution in [3.63, 3.8) is 0 Å². The highest BCUT2D eigenvalue weighted by molar-refractivity contribution is 5.92. The Balaban J connectivity index is 2.57. The topological polar surface area (TPSA) is 81.2 Å². The van der Waals surface area contributed by atoms with Crippen LogP contribution in [0.1, 0.15) is 29.7 Å². The molecule has 17 heavy (non-hydrogen) atoms. The Morgan fingerprint density at radius 2 is 2.24 bits per heavy atom. The fourth-order valence-electron chi connectivity index (χ4n) is 1.26. The molecule has 1 N–H and O–H groups in total. The predicted molar refractivity (Wildman–Crippen MR) is 60.3 cm³/mol. The van der Waals surface area contributed by atoms with Crippen molar-refractivity contribution in [2.24, 2.45) is 0 Å². The van der Waals surface area contributed by atoms with E-state index >= 15 is 0 Å². The van der Waals surface area contributed by atoms with E-state index in [1.807, 2.05) is 0 Å². The van der Waals surface area contributed by atoms with Crippen molar-refractivity contribution < 1.29 is 14.3 Å². The smallest absolute Gasteiger partial charge is 0.307 e. The van der Waals surface area contributed by atoms with E-state index in [-0.39, 0.29) is 30.0 Å². The molecule has 0 unspecified atom stereocenters. The van der Waals surface area contributed by atoms with Gasteiger partial charge in [-0.2, -0.15) is 0 Å². The molecule has 0 bridgehead atoms. The largest absolute Gasteiger partial charge is 0.469 e. The molecule has 0 aliphatic heterocycles. The third kappa shape index (κ3) is 4.18. The van der Waals surface area contributed by atoms with E-state index in [0.29, 0.717) is 5.82 Å². The summed E-state index contributed by atoms with van der Waals surface area (Å²) in [5.74, 6) is -0.165. The molecule has 92 valence electrons. The van der Waals surface area contributed by atoms with Crippen LogP contribution < -0.4 is 5.32 Å². The van der Waals surface area contributed by atoms with Crippen LogP contribution in [-0.4, -0.2) is 35.0 Å². The first-order valence-corrected chi connectivity index (χ1v) is 5.20. The zero-order chi connectivity index (χ0) is 12.8. The second-order valence-electron chi connectivity index (χ2n) is 3.64. The third-order valence-electron chi connectivity index (χ3n) is 2.09. The van der Waals surface area contributed by atoms with E-state index in [4.69, 9.17) is 0 Å². The van der Waals surface area contributed by atoms with E-state index in [2.05, 4.69) is 20.0 Å². The molecule has 0 radical (unpaired) electrons. The van der Waals surface area contributed by atoms with E-state index in [1.165, 1.54) is 19.4 Å². The number of nitrogens with one attached hydrogen (secondary N) is 1. The van der Waals surface area contributed by atoms with Gasteiger partial charge in [0, 0.05) is 12.2 Å². The number of carbonyl (C=O) groups excluding carboxylic acids is 2. The van der Waals surface area contributed by atoms with Gasteiger partial charge in [-0.15, -0.1) is 0 Å². The van der Waals surface area contributed by atoms with Crippen molar-refractivity contribution in [2.45, 2.75) is 26.3 Å². The lowest BCUT2D eigenvalue weighted by Gasteiger charge is -2.12. The predicted octanol–water partition coefficient (Wildman–Crippen LogP) is 0.466. The molecule has 1 atom stereocenters. The minimum Gasteiger partial charge on any atom is -0.469 e. The molecule has 0 saturated carbocycles. The number of amides is 1. The van der Waals surface area contributed by atoms with Crippen LogP contribution in [0.5, 0.6) is 0 Å². The molecule has 0 fully saturated rings. The number of carbonyl (C=O) groups is 2. The van der Waals surface area contributed by atoms with Crippen molar-refractivity contribution >= 4 is 11.9 Å². The molecule has 0 aromatic carbocycles. The summed E-state index contributed by atoms with van der Waals surface area (Å²) in [7, 11) is 1.31. The second-order valence-corrected chi connectivity index (χ2v) is 3.64. The molecular weight excluding hydrogens is 222 g/mol. The lowest BCUT2D eigenvalue weighted by molar-refractivity contribution is -0.141. The third-order valence-corrected chi connectivity index (χ3v) is 2.09. The van der Waals surface area contributed by atoms with E-state index in [9.17, 15) is 9.59 Å². The summed E-state index contributed by atoms with van der Waals surface area (Å²) < 4.78 is 4.51. The van der Waals surface area contributed by atoms with Crippen molar-refractivity contribution in [1.29, 1.82) is 0 Å². The highest BCUT2D eigenvalue weighted by Crippen LogP contribution is 1.98. The molecule has 1 heterocycles. The summed E-state index contributed by atoms with van der Waals surface area (Å²) in [5, 5.41) is 2.66. The lowest BCUT2D eigenvalue weighted by Crippen LogP contribution is -2.35. The summed E-state index contributed by atoms with van der Waals surface area (Å²) in [6, 6.07) is 1.22. The molecule has 1 aromatic heterocycles. The number of aryl methyl sites for hydroxylation is 1. The van der Waals surface area contributed by atoms with Crippen molar-refractivity contribution in [1.82, 2.24) is 15.3 Å². The molecule has 1 rings (SSSR count). The van der Waals surface area contributed by atoms with E-state index in [0.717, 1.165) is 0 Å². The van der Waals surface area contributed by atoms with Gasteiger partial charge in [0.2, 0.25) is 0 Å². The fraction of sp³-hybridized carbons (Fsp3) is 0.455. The van der Waals surface area contributed by atoms with Gasteiger partial charge in [0.25, 0.3) is 5.91 Å². The SMILES string of the molecule is COC(=O)C[C@@H](C)NC(=O)c1ccnc(C)n1. The molecule has 0 spiro atoms. The Kier molecular flexibility index (Phi) is 4.56. The number of ether oxygens (including phenoxy) is 1. The number of esters is 1. The van der Waals surface area contributed by atoms with Gasteiger partial charge >= 0.3 is 5.97 Å². The summed E-state index contributed by atoms with van der Waals surface area (Å²) in [4.78, 5) is 30.6. The van der Waals surface area contributed by atoms with Gasteiger partial charge in [-0.1, -0.05) is 0 Å². The first kappa shape index (κ1) is 13.1. The first-order valence-electron chi connectivity index (χ1n) is 5.20. The zero-order valence-electron chi connectivity index (χ0n) is 10.1. The van der Waals surface area contributed by atoms with Crippen LogP contribution >= 0.6 is 0 Å². The molecule has 6 heteroatoms. The van der Waals surface area contributed by atoms with E-state index < -0.39 is 0 Å². The zero-order valence-corrected chi connectivity index (χ0v) is 10.1. The maximum absolute atomic E-state index is 11.7. The van der Waals surface area contributed by atoms with Crippen molar-refractivity contribution in [3.8, 4) is 0 Å². The Bertz CT molecular complexity index is 420. The summed E-state index contributed by atoms with van der Waals surface area (Å²) in [6.45, 7) is 3.43. The highest BCUT2D eigenvalue weighted by atomic mass is 16.5. The molecular formula is C11H15N3O3. The Morgan fingerprint density at radius 3 is 2.82 bits per heavy atom. The van der Waals surface area contributed by atoms with Gasteiger partial charge in [-0.3, -0.25) is 9.59 Å². The van der Waals surface area contributed by atoms with Crippen molar-refractivity contribution in [3.05, 3.63) is 23.8 Å². The summed E-state index contributed by atoms with van der Waals surface area (Å²) in [5.41, 5.74) is 0.286. The number of nitrogens with zero attached hydrogens (tertiary/aromatic N) is 2. The standard InChI is InChI=1S/C11H15N3O3/c1-7(6-10(15)17-3)13-11(16)9-4-5-12-8(2)14-9/h4-5,7H,6H2,1-3H3,(H,13,16)/t7-/m1/s1. The molecule has 0 aliphatic carbocycles. The quantitative estimate of drug-likeness (QED) is 0.770. The molecule has 0 aliphatic rings. The Morgan fingerprint density at radius 1 is 1.53 bits per heavy atom. The average molecular weight is 237 g/mol. The van der Waals surface area contributed by atoms with Crippen LogP contribution in [0.2, 0.25) is 0 Å². The molecule has 1 aromatic rings. The number of rotatable bonds is 4. The maximum atomic E-state index is 11.7. The van der Waals surface area contributed by atoms with Crippen LogP contribution in [-0.2, 0) is 9.53 Å². The normalized spacial score (nSPS) is 11.7. The van der Waals surface area contributed by atoms with Gasteiger partial charge in [-0.05, 0) is 19.9 Å². The highest BCUT2D eigenvalue weighted by Gasteiger charge is 2.14. The van der Waals surface area contributed by atoms with Crippen LogP contribution in [0.25, 0.3) is 0 Å². The van der Waals surface area contributed by atoms with Crippen LogP contribution in [0.15, 0.2) is 12.3 Å². The van der Waals surface area contributed by atoms with Crippen LogP contribution in [0, 0.1) is 6.92 Å². The average Bonchev–Trinajstić information content (AvgIpc) is 2.28. The fourth-order valence-corrected chi connectivity index (χ4v) is 1.26. The minimum absolute atomic E-state index is 0.131. The summed E-state index contributed by atoms with van der Waals surface area (Å²) >= 11 is 0. The second kappa shape index (κ2) is 5.93. The van der Waals surface area contributed by atoms with Gasteiger partial charge in [0.1, 0.15) is 11.5 Å². The number of hydrogen-bond donors (Lipinski definition) is 1. The minimum atomic E-state index is -0.364. The maximum Gasteiger partial charge on any atom is 0.307 e. The van der Waals surface area contributed by atoms with Crippen LogP contribution in [0.3, 0.4) is 0 Å². The van der Waals surface area contributed by atoms with Crippen molar-refractivity contribution in [2.75, 3.05) is 7.11 Å². The van der Waals surface area contributed by atoms with Gasteiger partial charge in [0.15, 0.2) is 0 Å². The summed E-state index contributed by atoms with van der Waals surface area (Å²) in [6.07, 6.45) is 1.65. The molecule has 0 saturated heterocycles. The van der Waals surface area contributed by atoms with Gasteiger partial charge in [-0.25, -0.2) is 9.97 Å². The molecule has 1 amide bonds. The first-order chi connectivity index (χ1) is 8.02. The Labute approximate surface area is 99.4 Å². The van der Waals surface area contributed by atoms with Gasteiger partial charge in [0.05, 0.1) is 13.5 Å². The number of hydrogen-bond acceptors (Lipinski definition) is 5. The van der Waals surface area contributed by atoms with E-state index in [1.54, 1.807) is 13.8 Å². The van der Waals surface area contributed by atoms with Crippen LogP contribution in [0.4, 0.5) is 0 Å². The lowest BCUT2D eigenvalue weighted by atomic mass is 10.2. The van der Waals surface area contributed by atoms with Gasteiger partial charge < -0.3 is 10.1 Å².